The van der Waals surface area contributed by atoms with E-state index in [4.69, 9.17) is 9.47 Å². The van der Waals surface area contributed by atoms with Crippen LogP contribution < -0.4 is 13.8 Å². The number of hydrogen-bond acceptors (Lipinski definition) is 8. The minimum Gasteiger partial charge on any atom is -0.481 e. The number of sulfonamides is 1. The number of anilines is 1. The van der Waals surface area contributed by atoms with E-state index in [1.165, 1.54) is 57.7 Å². The molecule has 0 aliphatic rings. The van der Waals surface area contributed by atoms with Gasteiger partial charge in [-0.05, 0) is 30.3 Å². The topological polar surface area (TPSA) is 112 Å². The molecule has 2 rings (SSSR count). The number of rotatable bonds is 6. The first kappa shape index (κ1) is 20.2. The van der Waals surface area contributed by atoms with Crippen molar-refractivity contribution in [2.24, 2.45) is 0 Å². The van der Waals surface area contributed by atoms with Crippen LogP contribution >= 0.6 is 0 Å². The molecule has 2 aromatic rings. The number of hydrogen-bond donors (Lipinski definition) is 0. The van der Waals surface area contributed by atoms with Crippen molar-refractivity contribution in [2.75, 3.05) is 31.9 Å². The number of nitrogens with zero attached hydrogens (tertiary/aromatic N) is 2. The van der Waals surface area contributed by atoms with E-state index in [9.17, 15) is 18.0 Å². The van der Waals surface area contributed by atoms with Crippen LogP contribution in [0.5, 0.6) is 11.8 Å². The lowest BCUT2D eigenvalue weighted by atomic mass is 10.1. The molecule has 0 saturated heterocycles. The highest BCUT2D eigenvalue weighted by Crippen LogP contribution is 2.31. The second kappa shape index (κ2) is 8.04. The summed E-state index contributed by atoms with van der Waals surface area (Å²) >= 11 is 0. The summed E-state index contributed by atoms with van der Waals surface area (Å²) in [5.74, 6) is -1.31. The van der Waals surface area contributed by atoms with E-state index in [1.54, 1.807) is 0 Å². The van der Waals surface area contributed by atoms with Crippen LogP contribution in [0.4, 0.5) is 5.69 Å². The van der Waals surface area contributed by atoms with Gasteiger partial charge < -0.3 is 14.2 Å². The zero-order chi connectivity index (χ0) is 20.2. The molecule has 1 heterocycles. The van der Waals surface area contributed by atoms with Gasteiger partial charge in [-0.25, -0.2) is 13.2 Å². The molecule has 1 aromatic heterocycles. The predicted octanol–water partition coefficient (Wildman–Crippen LogP) is 1.49. The van der Waals surface area contributed by atoms with Crippen LogP contribution in [-0.4, -0.2) is 52.9 Å². The van der Waals surface area contributed by atoms with Crippen LogP contribution in [0.1, 0.15) is 20.7 Å². The second-order valence-corrected chi connectivity index (χ2v) is 7.11. The van der Waals surface area contributed by atoms with Crippen LogP contribution in [0.15, 0.2) is 36.4 Å². The standard InChI is InChI=1S/C17H18N2O7S/c1-24-14-10-9-13(15(18-14)25-2)19(27(4,22)23)16(20)11-5-7-12(8-6-11)17(21)26-3/h5-10H,1-4H3. The Kier molecular flexibility index (Phi) is 6.01. The number of amides is 1. The molecule has 144 valence electrons. The van der Waals surface area contributed by atoms with Gasteiger partial charge in [0.1, 0.15) is 5.69 Å². The molecule has 0 saturated carbocycles. The Morgan fingerprint density at radius 1 is 0.926 bits per heavy atom. The quantitative estimate of drug-likeness (QED) is 0.678. The van der Waals surface area contributed by atoms with Gasteiger partial charge in [-0.3, -0.25) is 4.79 Å². The van der Waals surface area contributed by atoms with Gasteiger partial charge in [-0.2, -0.15) is 9.29 Å². The van der Waals surface area contributed by atoms with Gasteiger partial charge in [0.2, 0.25) is 21.8 Å². The average Bonchev–Trinajstić information content (AvgIpc) is 2.66. The third-order valence-electron chi connectivity index (χ3n) is 3.50. The van der Waals surface area contributed by atoms with Gasteiger partial charge in [0.05, 0.1) is 33.1 Å². The summed E-state index contributed by atoms with van der Waals surface area (Å²) in [6, 6.07) is 8.15. The zero-order valence-electron chi connectivity index (χ0n) is 15.1. The Labute approximate surface area is 156 Å². The van der Waals surface area contributed by atoms with E-state index in [2.05, 4.69) is 9.72 Å². The third-order valence-corrected chi connectivity index (χ3v) is 4.53. The van der Waals surface area contributed by atoms with Crippen LogP contribution in [0.3, 0.4) is 0 Å². The van der Waals surface area contributed by atoms with E-state index < -0.39 is 21.9 Å². The molecule has 0 fully saturated rings. The molecular weight excluding hydrogens is 376 g/mol. The first-order valence-electron chi connectivity index (χ1n) is 7.55. The Morgan fingerprint density at radius 3 is 2.00 bits per heavy atom. The van der Waals surface area contributed by atoms with E-state index in [-0.39, 0.29) is 28.6 Å². The van der Waals surface area contributed by atoms with Crippen LogP contribution in [0.25, 0.3) is 0 Å². The third kappa shape index (κ3) is 4.34. The molecular formula is C17H18N2O7S. The van der Waals surface area contributed by atoms with Gasteiger partial charge in [0, 0.05) is 11.6 Å². The number of methoxy groups -OCH3 is 3. The summed E-state index contributed by atoms with van der Waals surface area (Å²) < 4.78 is 39.9. The highest BCUT2D eigenvalue weighted by molar-refractivity contribution is 7.92. The number of pyridine rings is 1. The summed E-state index contributed by atoms with van der Waals surface area (Å²) in [6.45, 7) is 0. The molecule has 10 heteroatoms. The molecule has 0 aliphatic carbocycles. The summed E-state index contributed by atoms with van der Waals surface area (Å²) in [5, 5.41) is 0. The minimum absolute atomic E-state index is 0.0472. The van der Waals surface area contributed by atoms with E-state index in [1.807, 2.05) is 0 Å². The molecule has 27 heavy (non-hydrogen) atoms. The normalized spacial score (nSPS) is 10.8. The Bertz CT molecular complexity index is 956. The van der Waals surface area contributed by atoms with Gasteiger partial charge in [-0.15, -0.1) is 0 Å². The minimum atomic E-state index is -4.02. The number of aromatic nitrogens is 1. The fourth-order valence-corrected chi connectivity index (χ4v) is 3.16. The molecule has 0 atom stereocenters. The molecule has 0 unspecified atom stereocenters. The van der Waals surface area contributed by atoms with Gasteiger partial charge in [0.15, 0.2) is 0 Å². The molecule has 9 nitrogen and oxygen atoms in total. The lowest BCUT2D eigenvalue weighted by Crippen LogP contribution is -2.36. The van der Waals surface area contributed by atoms with Crippen LogP contribution in [0.2, 0.25) is 0 Å². The first-order valence-corrected chi connectivity index (χ1v) is 9.39. The summed E-state index contributed by atoms with van der Waals surface area (Å²) in [4.78, 5) is 28.4. The Balaban J connectivity index is 2.52. The van der Waals surface area contributed by atoms with Crippen molar-refractivity contribution in [3.8, 4) is 11.8 Å². The predicted molar refractivity (Wildman–Crippen MR) is 96.8 cm³/mol. The average molecular weight is 394 g/mol. The highest BCUT2D eigenvalue weighted by Gasteiger charge is 2.30. The largest absolute Gasteiger partial charge is 0.481 e. The fraction of sp³-hybridized carbons (Fsp3) is 0.235. The summed E-state index contributed by atoms with van der Waals surface area (Å²) in [7, 11) is -0.0997. The Morgan fingerprint density at radius 2 is 1.52 bits per heavy atom. The molecule has 1 aromatic carbocycles. The van der Waals surface area contributed by atoms with Crippen LogP contribution in [0, 0.1) is 0 Å². The Hall–Kier alpha value is -3.14. The monoisotopic (exact) mass is 394 g/mol. The number of ether oxygens (including phenoxy) is 3. The molecule has 1 amide bonds. The van der Waals surface area contributed by atoms with Gasteiger partial charge >= 0.3 is 5.97 Å². The first-order chi connectivity index (χ1) is 12.7. The van der Waals surface area contributed by atoms with Crippen molar-refractivity contribution in [1.82, 2.24) is 4.98 Å². The van der Waals surface area contributed by atoms with Gasteiger partial charge in [0.25, 0.3) is 5.91 Å². The van der Waals surface area contributed by atoms with Crippen molar-refractivity contribution in [1.29, 1.82) is 0 Å². The van der Waals surface area contributed by atoms with Crippen molar-refractivity contribution in [3.63, 3.8) is 0 Å². The van der Waals surface area contributed by atoms with E-state index in [0.29, 0.717) is 4.31 Å². The van der Waals surface area contributed by atoms with Crippen molar-refractivity contribution in [3.05, 3.63) is 47.5 Å². The van der Waals surface area contributed by atoms with Crippen molar-refractivity contribution in [2.45, 2.75) is 0 Å². The highest BCUT2D eigenvalue weighted by atomic mass is 32.2. The molecule has 0 N–H and O–H groups in total. The maximum absolute atomic E-state index is 12.9. The molecule has 0 radical (unpaired) electrons. The van der Waals surface area contributed by atoms with E-state index in [0.717, 1.165) is 6.26 Å². The lowest BCUT2D eigenvalue weighted by Gasteiger charge is -2.22. The zero-order valence-corrected chi connectivity index (χ0v) is 15.9. The van der Waals surface area contributed by atoms with Crippen LogP contribution in [-0.2, 0) is 14.8 Å². The lowest BCUT2D eigenvalue weighted by molar-refractivity contribution is 0.0600. The maximum atomic E-state index is 12.9. The number of esters is 1. The summed E-state index contributed by atoms with van der Waals surface area (Å²) in [5.41, 5.74) is 0.206. The van der Waals surface area contributed by atoms with E-state index >= 15 is 0 Å². The van der Waals surface area contributed by atoms with Crippen molar-refractivity contribution < 1.29 is 32.2 Å². The number of carbonyl (C=O) groups excluding carboxylic acids is 2. The second-order valence-electron chi connectivity index (χ2n) is 5.28. The SMILES string of the molecule is COC(=O)c1ccc(C(=O)N(c2ccc(OC)nc2OC)S(C)(=O)=O)cc1. The molecule has 0 bridgehead atoms. The number of carbonyl (C=O) groups is 2. The van der Waals surface area contributed by atoms with Gasteiger partial charge in [-0.1, -0.05) is 0 Å². The summed E-state index contributed by atoms with van der Waals surface area (Å²) in [6.07, 6.45) is 0.886. The molecule has 0 spiro atoms. The fourth-order valence-electron chi connectivity index (χ4n) is 2.26. The molecule has 0 aliphatic heterocycles. The maximum Gasteiger partial charge on any atom is 0.337 e. The smallest absolute Gasteiger partial charge is 0.337 e. The number of benzene rings is 1. The van der Waals surface area contributed by atoms with Crippen molar-refractivity contribution >= 4 is 27.6 Å².